The minimum Gasteiger partial charge on any atom is -0.493 e. The van der Waals surface area contributed by atoms with Gasteiger partial charge in [-0.15, -0.1) is 0 Å². The Bertz CT molecular complexity index is 1150. The quantitative estimate of drug-likeness (QED) is 0.392. The first-order valence-electron chi connectivity index (χ1n) is 9.82. The number of rotatable bonds is 7. The summed E-state index contributed by atoms with van der Waals surface area (Å²) >= 11 is 0. The molecule has 1 aliphatic heterocycles. The summed E-state index contributed by atoms with van der Waals surface area (Å²) in [7, 11) is 1.58. The van der Waals surface area contributed by atoms with Gasteiger partial charge in [0.2, 0.25) is 5.90 Å². The molecule has 0 bridgehead atoms. The van der Waals surface area contributed by atoms with E-state index in [9.17, 15) is 4.79 Å². The van der Waals surface area contributed by atoms with E-state index < -0.39 is 5.97 Å². The van der Waals surface area contributed by atoms with Crippen molar-refractivity contribution in [3.05, 3.63) is 107 Å². The number of cyclic esters (lactones) is 1. The Morgan fingerprint density at radius 1 is 0.871 bits per heavy atom. The summed E-state index contributed by atoms with van der Waals surface area (Å²) < 4.78 is 16.6. The predicted octanol–water partition coefficient (Wildman–Crippen LogP) is 5.28. The summed E-state index contributed by atoms with van der Waals surface area (Å²) in [5.74, 6) is 0.966. The fourth-order valence-electron chi connectivity index (χ4n) is 3.01. The van der Waals surface area contributed by atoms with Gasteiger partial charge in [-0.2, -0.15) is 0 Å². The molecule has 1 aliphatic rings. The molecule has 0 N–H and O–H groups in total. The molecule has 0 atom stereocenters. The highest BCUT2D eigenvalue weighted by Gasteiger charge is 2.21. The van der Waals surface area contributed by atoms with Crippen LogP contribution in [0.1, 0.15) is 16.7 Å². The van der Waals surface area contributed by atoms with Crippen LogP contribution in [0.2, 0.25) is 0 Å². The molecule has 5 heteroatoms. The third-order valence-electron chi connectivity index (χ3n) is 4.58. The SMILES string of the molecule is COc1cc(/C=C2N=C(/C=C/c3ccccc3)OC/2=O)ccc1OCc1ccccc1. The summed E-state index contributed by atoms with van der Waals surface area (Å²) in [5.41, 5.74) is 3.05. The molecule has 3 aromatic rings. The standard InChI is InChI=1S/C26H21NO4/c1-29-24-17-21(12-14-23(24)30-18-20-10-6-3-7-11-20)16-22-26(28)31-25(27-22)15-13-19-8-4-2-5-9-19/h2-17H,18H2,1H3/b15-13+,22-16+. The molecule has 5 nitrogen and oxygen atoms in total. The van der Waals surface area contributed by atoms with Gasteiger partial charge in [0.25, 0.3) is 0 Å². The zero-order chi connectivity index (χ0) is 21.5. The first kappa shape index (κ1) is 20.2. The number of nitrogens with zero attached hydrogens (tertiary/aromatic N) is 1. The molecule has 0 radical (unpaired) electrons. The molecule has 0 aliphatic carbocycles. The summed E-state index contributed by atoms with van der Waals surface area (Å²) in [6, 6.07) is 25.1. The van der Waals surface area contributed by atoms with Crippen LogP contribution in [-0.2, 0) is 16.1 Å². The number of aliphatic imine (C=N–C) groups is 1. The van der Waals surface area contributed by atoms with Crippen molar-refractivity contribution in [2.45, 2.75) is 6.61 Å². The topological polar surface area (TPSA) is 57.1 Å². The molecule has 1 heterocycles. The minimum atomic E-state index is -0.490. The molecule has 3 aromatic carbocycles. The Balaban J connectivity index is 1.49. The predicted molar refractivity (Wildman–Crippen MR) is 121 cm³/mol. The zero-order valence-electron chi connectivity index (χ0n) is 17.0. The molecular weight excluding hydrogens is 390 g/mol. The second-order valence-corrected chi connectivity index (χ2v) is 6.80. The van der Waals surface area contributed by atoms with Gasteiger partial charge < -0.3 is 14.2 Å². The molecule has 154 valence electrons. The van der Waals surface area contributed by atoms with Crippen LogP contribution in [-0.4, -0.2) is 19.0 Å². The Morgan fingerprint density at radius 2 is 1.61 bits per heavy atom. The van der Waals surface area contributed by atoms with Crippen molar-refractivity contribution in [1.82, 2.24) is 0 Å². The number of ether oxygens (including phenoxy) is 3. The van der Waals surface area contributed by atoms with Gasteiger partial charge in [0.15, 0.2) is 17.2 Å². The number of methoxy groups -OCH3 is 1. The van der Waals surface area contributed by atoms with Crippen molar-refractivity contribution < 1.29 is 19.0 Å². The molecular formula is C26H21NO4. The third kappa shape index (κ3) is 5.28. The number of carbonyl (C=O) groups excluding carboxylic acids is 1. The highest BCUT2D eigenvalue weighted by Crippen LogP contribution is 2.30. The molecule has 0 amide bonds. The van der Waals surface area contributed by atoms with Crippen molar-refractivity contribution in [3.8, 4) is 11.5 Å². The summed E-state index contributed by atoms with van der Waals surface area (Å²) in [6.45, 7) is 0.436. The summed E-state index contributed by atoms with van der Waals surface area (Å²) in [6.07, 6.45) is 5.18. The molecule has 0 saturated heterocycles. The van der Waals surface area contributed by atoms with Crippen LogP contribution >= 0.6 is 0 Å². The maximum atomic E-state index is 12.2. The van der Waals surface area contributed by atoms with E-state index in [1.54, 1.807) is 25.3 Å². The minimum absolute atomic E-state index is 0.229. The van der Waals surface area contributed by atoms with Gasteiger partial charge in [-0.25, -0.2) is 9.79 Å². The maximum Gasteiger partial charge on any atom is 0.363 e. The summed E-state index contributed by atoms with van der Waals surface area (Å²) in [4.78, 5) is 16.5. The van der Waals surface area contributed by atoms with Gasteiger partial charge in [-0.05, 0) is 41.0 Å². The highest BCUT2D eigenvalue weighted by atomic mass is 16.6. The lowest BCUT2D eigenvalue weighted by Crippen LogP contribution is -2.01. The van der Waals surface area contributed by atoms with Crippen LogP contribution in [0, 0.1) is 0 Å². The Kier molecular flexibility index (Phi) is 6.24. The lowest BCUT2D eigenvalue weighted by atomic mass is 10.1. The van der Waals surface area contributed by atoms with Crippen molar-refractivity contribution in [3.63, 3.8) is 0 Å². The maximum absolute atomic E-state index is 12.2. The van der Waals surface area contributed by atoms with Crippen LogP contribution in [0.3, 0.4) is 0 Å². The van der Waals surface area contributed by atoms with E-state index in [1.165, 1.54) is 0 Å². The largest absolute Gasteiger partial charge is 0.493 e. The van der Waals surface area contributed by atoms with Crippen LogP contribution < -0.4 is 9.47 Å². The average Bonchev–Trinajstić information content (AvgIpc) is 3.17. The van der Waals surface area contributed by atoms with Crippen LogP contribution in [0.5, 0.6) is 11.5 Å². The van der Waals surface area contributed by atoms with E-state index in [4.69, 9.17) is 14.2 Å². The molecule has 4 rings (SSSR count). The number of carbonyl (C=O) groups is 1. The zero-order valence-corrected chi connectivity index (χ0v) is 17.0. The fraction of sp³-hybridized carbons (Fsp3) is 0.0769. The summed E-state index contributed by atoms with van der Waals surface area (Å²) in [5, 5.41) is 0. The lowest BCUT2D eigenvalue weighted by Gasteiger charge is -2.11. The van der Waals surface area contributed by atoms with Gasteiger partial charge in [-0.3, -0.25) is 0 Å². The number of hydrogen-bond acceptors (Lipinski definition) is 5. The van der Waals surface area contributed by atoms with Crippen LogP contribution in [0.25, 0.3) is 12.2 Å². The number of hydrogen-bond donors (Lipinski definition) is 0. The first-order chi connectivity index (χ1) is 15.2. The van der Waals surface area contributed by atoms with Crippen molar-refractivity contribution in [2.24, 2.45) is 4.99 Å². The fourth-order valence-corrected chi connectivity index (χ4v) is 3.01. The second-order valence-electron chi connectivity index (χ2n) is 6.80. The van der Waals surface area contributed by atoms with Gasteiger partial charge in [0.1, 0.15) is 6.61 Å². The Labute approximate surface area is 180 Å². The average molecular weight is 411 g/mol. The lowest BCUT2D eigenvalue weighted by molar-refractivity contribution is -0.129. The van der Waals surface area contributed by atoms with E-state index in [0.29, 0.717) is 18.1 Å². The van der Waals surface area contributed by atoms with Crippen LogP contribution in [0.15, 0.2) is 95.6 Å². The second kappa shape index (κ2) is 9.59. The molecule has 31 heavy (non-hydrogen) atoms. The van der Waals surface area contributed by atoms with E-state index in [2.05, 4.69) is 4.99 Å². The Hall–Kier alpha value is -4.12. The third-order valence-corrected chi connectivity index (χ3v) is 4.58. The van der Waals surface area contributed by atoms with Crippen molar-refractivity contribution >= 4 is 24.0 Å². The van der Waals surface area contributed by atoms with Crippen molar-refractivity contribution in [2.75, 3.05) is 7.11 Å². The van der Waals surface area contributed by atoms with Crippen LogP contribution in [0.4, 0.5) is 0 Å². The first-order valence-corrected chi connectivity index (χ1v) is 9.82. The van der Waals surface area contributed by atoms with E-state index >= 15 is 0 Å². The smallest absolute Gasteiger partial charge is 0.363 e. The number of esters is 1. The molecule has 0 spiro atoms. The van der Waals surface area contributed by atoms with E-state index in [1.807, 2.05) is 78.9 Å². The highest BCUT2D eigenvalue weighted by molar-refractivity contribution is 6.11. The molecule has 0 saturated carbocycles. The monoisotopic (exact) mass is 411 g/mol. The molecule has 0 unspecified atom stereocenters. The van der Waals surface area contributed by atoms with Gasteiger partial charge in [0, 0.05) is 6.08 Å². The van der Waals surface area contributed by atoms with Crippen molar-refractivity contribution in [1.29, 1.82) is 0 Å². The van der Waals surface area contributed by atoms with Gasteiger partial charge in [0.05, 0.1) is 7.11 Å². The molecule has 0 fully saturated rings. The Morgan fingerprint density at radius 3 is 2.35 bits per heavy atom. The number of benzene rings is 3. The van der Waals surface area contributed by atoms with Gasteiger partial charge in [-0.1, -0.05) is 66.7 Å². The van der Waals surface area contributed by atoms with E-state index in [-0.39, 0.29) is 11.6 Å². The normalized spacial score (nSPS) is 14.5. The van der Waals surface area contributed by atoms with Gasteiger partial charge >= 0.3 is 5.97 Å². The van der Waals surface area contributed by atoms with E-state index in [0.717, 1.165) is 16.7 Å². The molecule has 0 aromatic heterocycles.